The van der Waals surface area contributed by atoms with E-state index in [4.69, 9.17) is 4.74 Å². The van der Waals surface area contributed by atoms with Gasteiger partial charge in [-0.15, -0.1) is 0 Å². The number of rotatable bonds is 6. The lowest BCUT2D eigenvalue weighted by Gasteiger charge is -2.35. The van der Waals surface area contributed by atoms with Gasteiger partial charge in [-0.05, 0) is 70.9 Å². The lowest BCUT2D eigenvalue weighted by molar-refractivity contribution is -0.126. The molecule has 0 atom stereocenters. The average molecular weight is 594 g/mol. The van der Waals surface area contributed by atoms with Crippen LogP contribution in [-0.4, -0.2) is 59.8 Å². The summed E-state index contributed by atoms with van der Waals surface area (Å²) in [6, 6.07) is 30.5. The molecule has 7 nitrogen and oxygen atoms in total. The molecule has 0 spiro atoms. The maximum atomic E-state index is 12.0. The van der Waals surface area contributed by atoms with Gasteiger partial charge in [0, 0.05) is 62.4 Å². The van der Waals surface area contributed by atoms with Gasteiger partial charge in [-0.1, -0.05) is 67.2 Å². The van der Waals surface area contributed by atoms with E-state index in [2.05, 4.69) is 102 Å². The summed E-state index contributed by atoms with van der Waals surface area (Å²) in [5, 5.41) is 14.5. The van der Waals surface area contributed by atoms with Crippen LogP contribution in [0.4, 0.5) is 5.69 Å². The first kappa shape index (κ1) is 28.6. The molecular weight excluding hydrogens is 558 g/mol. The van der Waals surface area contributed by atoms with E-state index < -0.39 is 0 Å². The Balaban J connectivity index is 1.23. The third kappa shape index (κ3) is 5.61. The topological polar surface area (TPSA) is 73.9 Å². The highest BCUT2D eigenvalue weighted by molar-refractivity contribution is 5.91. The fourth-order valence-corrected chi connectivity index (χ4v) is 6.69. The van der Waals surface area contributed by atoms with Crippen LogP contribution < -0.4 is 4.90 Å². The molecule has 7 heteroatoms. The molecule has 4 heterocycles. The second kappa shape index (κ2) is 12.4. The first-order valence-corrected chi connectivity index (χ1v) is 15.6. The van der Waals surface area contributed by atoms with Crippen molar-refractivity contribution < 1.29 is 9.53 Å². The first-order valence-electron chi connectivity index (χ1n) is 15.6. The Morgan fingerprint density at radius 1 is 0.867 bits per heavy atom. The lowest BCUT2D eigenvalue weighted by atomic mass is 9.89. The number of piperazine rings is 1. The predicted octanol–water partition coefficient (Wildman–Crippen LogP) is 6.94. The van der Waals surface area contributed by atoms with Crippen LogP contribution in [0.25, 0.3) is 38.9 Å². The van der Waals surface area contributed by atoms with E-state index in [1.807, 2.05) is 15.6 Å². The van der Waals surface area contributed by atoms with Gasteiger partial charge in [0.25, 0.3) is 0 Å². The molecule has 45 heavy (non-hydrogen) atoms. The number of amides is 1. The molecule has 2 aliphatic rings. The number of hydrogen-bond acceptors (Lipinski definition) is 5. The molecule has 0 unspecified atom stereocenters. The first-order chi connectivity index (χ1) is 22.1. The summed E-state index contributed by atoms with van der Waals surface area (Å²) in [5.74, 6) is 0.538. The molecule has 0 radical (unpaired) electrons. The second-order valence-corrected chi connectivity index (χ2v) is 11.7. The van der Waals surface area contributed by atoms with E-state index in [-0.39, 0.29) is 5.91 Å². The Labute approximate surface area is 263 Å². The summed E-state index contributed by atoms with van der Waals surface area (Å²) < 4.78 is 7.40. The van der Waals surface area contributed by atoms with Crippen molar-refractivity contribution in [2.24, 2.45) is 0 Å². The highest BCUT2D eigenvalue weighted by Gasteiger charge is 2.21. The molecule has 0 N–H and O–H groups in total. The van der Waals surface area contributed by atoms with Gasteiger partial charge < -0.3 is 14.5 Å². The van der Waals surface area contributed by atoms with Crippen LogP contribution in [0.2, 0.25) is 0 Å². The van der Waals surface area contributed by atoms with Crippen LogP contribution in [0.3, 0.4) is 0 Å². The summed E-state index contributed by atoms with van der Waals surface area (Å²) in [4.78, 5) is 16.1. The van der Waals surface area contributed by atoms with Crippen molar-refractivity contribution in [3.63, 3.8) is 0 Å². The van der Waals surface area contributed by atoms with E-state index in [0.717, 1.165) is 78.2 Å². The van der Waals surface area contributed by atoms with Gasteiger partial charge in [0.05, 0.1) is 17.3 Å². The maximum absolute atomic E-state index is 12.0. The monoisotopic (exact) mass is 593 g/mol. The van der Waals surface area contributed by atoms with Gasteiger partial charge in [-0.3, -0.25) is 4.79 Å². The number of ether oxygens (including phenoxy) is 1. The van der Waals surface area contributed by atoms with E-state index >= 15 is 0 Å². The molecular formula is C38H35N5O2. The minimum atomic E-state index is -0.0171. The Bertz CT molecular complexity index is 1890. The van der Waals surface area contributed by atoms with Gasteiger partial charge in [0.2, 0.25) is 5.91 Å². The molecule has 0 bridgehead atoms. The Hall–Kier alpha value is -5.19. The number of carbonyl (C=O) groups is 1. The smallest absolute Gasteiger partial charge is 0.246 e. The van der Waals surface area contributed by atoms with Crippen LogP contribution in [0.5, 0.6) is 0 Å². The second-order valence-electron chi connectivity index (χ2n) is 11.7. The minimum absolute atomic E-state index is 0.0171. The lowest BCUT2D eigenvalue weighted by Crippen LogP contribution is -2.48. The number of nitriles is 1. The molecule has 2 aliphatic heterocycles. The number of carbonyl (C=O) groups excluding carboxylic acids is 1. The highest BCUT2D eigenvalue weighted by atomic mass is 16.5. The molecule has 2 aromatic heterocycles. The van der Waals surface area contributed by atoms with Crippen molar-refractivity contribution in [1.29, 1.82) is 5.26 Å². The van der Waals surface area contributed by atoms with Gasteiger partial charge in [0.15, 0.2) is 0 Å². The van der Waals surface area contributed by atoms with Crippen LogP contribution in [0.1, 0.15) is 29.9 Å². The van der Waals surface area contributed by atoms with Gasteiger partial charge in [-0.25, -0.2) is 4.52 Å². The molecule has 3 aromatic carbocycles. The average Bonchev–Trinajstić information content (AvgIpc) is 3.55. The van der Waals surface area contributed by atoms with E-state index in [9.17, 15) is 10.1 Å². The van der Waals surface area contributed by atoms with Crippen molar-refractivity contribution in [3.8, 4) is 39.4 Å². The summed E-state index contributed by atoms with van der Waals surface area (Å²) in [6.07, 6.45) is 7.19. The Morgan fingerprint density at radius 2 is 1.51 bits per heavy atom. The Morgan fingerprint density at radius 3 is 2.18 bits per heavy atom. The van der Waals surface area contributed by atoms with Crippen molar-refractivity contribution in [1.82, 2.24) is 14.5 Å². The predicted molar refractivity (Wildman–Crippen MR) is 178 cm³/mol. The van der Waals surface area contributed by atoms with Crippen LogP contribution >= 0.6 is 0 Å². The summed E-state index contributed by atoms with van der Waals surface area (Å²) in [5.41, 5.74) is 10.3. The summed E-state index contributed by atoms with van der Waals surface area (Å²) in [6.45, 7) is 8.17. The van der Waals surface area contributed by atoms with Crippen molar-refractivity contribution >= 4 is 17.1 Å². The van der Waals surface area contributed by atoms with E-state index in [0.29, 0.717) is 24.6 Å². The standard InChI is InChI=1S/C38H35N5O2/c1-2-37(44)42-19-17-41(18-20-42)33-13-11-30(12-14-33)36-23-31(26-43-38(36)32(24-39)25-40-43)35-6-4-3-5-34(35)29-9-7-27(8-10-29)28-15-21-45-22-16-28/h2-14,23,25-26,28H,1,15-22H2. The van der Waals surface area contributed by atoms with Gasteiger partial charge in [-0.2, -0.15) is 10.4 Å². The quantitative estimate of drug-likeness (QED) is 0.200. The SMILES string of the molecule is C=CC(=O)N1CCN(c2ccc(-c3cc(-c4ccccc4-c4ccc(C5CCOCC5)cc4)cn4ncc(C#N)c34)cc2)CC1. The highest BCUT2D eigenvalue weighted by Crippen LogP contribution is 2.38. The number of hydrogen-bond donors (Lipinski definition) is 0. The zero-order chi connectivity index (χ0) is 30.8. The largest absolute Gasteiger partial charge is 0.381 e. The maximum Gasteiger partial charge on any atom is 0.246 e. The zero-order valence-corrected chi connectivity index (χ0v) is 25.2. The zero-order valence-electron chi connectivity index (χ0n) is 25.2. The van der Waals surface area contributed by atoms with Crippen molar-refractivity contribution in [3.05, 3.63) is 115 Å². The van der Waals surface area contributed by atoms with Gasteiger partial charge >= 0.3 is 0 Å². The third-order valence-electron chi connectivity index (χ3n) is 9.19. The molecule has 0 aliphatic carbocycles. The van der Waals surface area contributed by atoms with Crippen molar-refractivity contribution in [2.75, 3.05) is 44.3 Å². The molecule has 2 fully saturated rings. The fourth-order valence-electron chi connectivity index (χ4n) is 6.69. The summed E-state index contributed by atoms with van der Waals surface area (Å²) in [7, 11) is 0. The molecule has 224 valence electrons. The number of anilines is 1. The number of pyridine rings is 1. The van der Waals surface area contributed by atoms with E-state index in [1.54, 1.807) is 6.20 Å². The molecule has 5 aromatic rings. The molecule has 0 saturated carbocycles. The van der Waals surface area contributed by atoms with Crippen LogP contribution in [0.15, 0.2) is 104 Å². The number of fused-ring (bicyclic) bond motifs is 1. The minimum Gasteiger partial charge on any atom is -0.381 e. The normalized spacial score (nSPS) is 15.6. The molecule has 2 saturated heterocycles. The van der Waals surface area contributed by atoms with E-state index in [1.165, 1.54) is 17.2 Å². The Kier molecular flexibility index (Phi) is 7.89. The van der Waals surface area contributed by atoms with Crippen molar-refractivity contribution in [2.45, 2.75) is 18.8 Å². The number of aromatic nitrogens is 2. The fraction of sp³-hybridized carbons (Fsp3) is 0.237. The van der Waals surface area contributed by atoms with Gasteiger partial charge in [0.1, 0.15) is 6.07 Å². The molecule has 7 rings (SSSR count). The molecule has 1 amide bonds. The number of benzene rings is 3. The third-order valence-corrected chi connectivity index (χ3v) is 9.19. The van der Waals surface area contributed by atoms with Crippen LogP contribution in [0, 0.1) is 11.3 Å². The summed E-state index contributed by atoms with van der Waals surface area (Å²) >= 11 is 0. The number of nitrogens with zero attached hydrogens (tertiary/aromatic N) is 5. The van der Waals surface area contributed by atoms with Crippen LogP contribution in [-0.2, 0) is 9.53 Å².